The molecule has 3 heteroatoms. The van der Waals surface area contributed by atoms with E-state index in [0.717, 1.165) is 22.9 Å². The molecule has 2 aromatic carbocycles. The lowest BCUT2D eigenvalue weighted by Crippen LogP contribution is -2.18. The van der Waals surface area contributed by atoms with Gasteiger partial charge in [0.05, 0.1) is 7.11 Å². The van der Waals surface area contributed by atoms with E-state index in [4.69, 9.17) is 16.3 Å². The first-order valence-electron chi connectivity index (χ1n) is 6.31. The van der Waals surface area contributed by atoms with E-state index in [1.165, 1.54) is 5.56 Å². The molecule has 2 aromatic rings. The van der Waals surface area contributed by atoms with Crippen molar-refractivity contribution in [3.63, 3.8) is 0 Å². The maximum Gasteiger partial charge on any atom is 0.119 e. The van der Waals surface area contributed by atoms with Crippen LogP contribution in [0.15, 0.2) is 48.5 Å². The van der Waals surface area contributed by atoms with Gasteiger partial charge in [-0.15, -0.1) is 0 Å². The quantitative estimate of drug-likeness (QED) is 0.883. The topological polar surface area (TPSA) is 21.3 Å². The first-order valence-corrected chi connectivity index (χ1v) is 6.69. The average Bonchev–Trinajstić information content (AvgIpc) is 2.46. The van der Waals surface area contributed by atoms with Gasteiger partial charge in [-0.2, -0.15) is 0 Å². The first-order chi connectivity index (χ1) is 9.20. The summed E-state index contributed by atoms with van der Waals surface area (Å²) in [7, 11) is 1.68. The molecule has 0 saturated carbocycles. The highest BCUT2D eigenvalue weighted by Gasteiger charge is 2.07. The fraction of sp³-hybridized carbons (Fsp3) is 0.250. The third-order valence-corrected chi connectivity index (χ3v) is 3.52. The Labute approximate surface area is 119 Å². The van der Waals surface area contributed by atoms with Crippen LogP contribution in [0.3, 0.4) is 0 Å². The van der Waals surface area contributed by atoms with Crippen molar-refractivity contribution in [1.82, 2.24) is 5.32 Å². The van der Waals surface area contributed by atoms with Crippen molar-refractivity contribution in [2.75, 3.05) is 7.11 Å². The third kappa shape index (κ3) is 3.72. The Balaban J connectivity index is 2.01. The standard InChI is InChI=1S/C16H18ClNO/c1-12(13-7-5-8-15(10-13)19-2)18-11-14-6-3-4-9-16(14)17/h3-10,12,18H,11H2,1-2H3/t12-/m1/s1. The van der Waals surface area contributed by atoms with Crippen molar-refractivity contribution in [3.05, 3.63) is 64.7 Å². The largest absolute Gasteiger partial charge is 0.497 e. The highest BCUT2D eigenvalue weighted by molar-refractivity contribution is 6.31. The zero-order valence-corrected chi connectivity index (χ0v) is 11.9. The smallest absolute Gasteiger partial charge is 0.119 e. The van der Waals surface area contributed by atoms with Gasteiger partial charge in [-0.3, -0.25) is 0 Å². The lowest BCUT2D eigenvalue weighted by Gasteiger charge is -2.15. The minimum Gasteiger partial charge on any atom is -0.497 e. The number of hydrogen-bond donors (Lipinski definition) is 1. The van der Waals surface area contributed by atoms with E-state index in [1.54, 1.807) is 7.11 Å². The monoisotopic (exact) mass is 275 g/mol. The summed E-state index contributed by atoms with van der Waals surface area (Å²) in [6, 6.07) is 16.2. The normalized spacial score (nSPS) is 12.2. The Hall–Kier alpha value is -1.51. The lowest BCUT2D eigenvalue weighted by molar-refractivity contribution is 0.413. The molecule has 0 bridgehead atoms. The molecule has 0 aliphatic carbocycles. The molecule has 0 unspecified atom stereocenters. The van der Waals surface area contributed by atoms with Gasteiger partial charge < -0.3 is 10.1 Å². The van der Waals surface area contributed by atoms with E-state index < -0.39 is 0 Å². The number of methoxy groups -OCH3 is 1. The SMILES string of the molecule is COc1cccc([C@@H](C)NCc2ccccc2Cl)c1. The number of rotatable bonds is 5. The van der Waals surface area contributed by atoms with Gasteiger partial charge in [0.1, 0.15) is 5.75 Å². The summed E-state index contributed by atoms with van der Waals surface area (Å²) < 4.78 is 5.24. The van der Waals surface area contributed by atoms with Crippen molar-refractivity contribution in [2.45, 2.75) is 19.5 Å². The molecule has 1 N–H and O–H groups in total. The van der Waals surface area contributed by atoms with Gasteiger partial charge in [0.2, 0.25) is 0 Å². The molecular weight excluding hydrogens is 258 g/mol. The molecule has 0 aliphatic heterocycles. The molecule has 0 radical (unpaired) electrons. The Morgan fingerprint density at radius 1 is 1.16 bits per heavy atom. The predicted molar refractivity (Wildman–Crippen MR) is 79.7 cm³/mol. The van der Waals surface area contributed by atoms with Crippen LogP contribution in [0.5, 0.6) is 5.75 Å². The van der Waals surface area contributed by atoms with Gasteiger partial charge in [0.25, 0.3) is 0 Å². The van der Waals surface area contributed by atoms with Crippen LogP contribution in [0.1, 0.15) is 24.1 Å². The molecule has 100 valence electrons. The maximum absolute atomic E-state index is 6.14. The van der Waals surface area contributed by atoms with Crippen molar-refractivity contribution in [3.8, 4) is 5.75 Å². The van der Waals surface area contributed by atoms with Gasteiger partial charge in [-0.25, -0.2) is 0 Å². The van der Waals surface area contributed by atoms with Crippen molar-refractivity contribution >= 4 is 11.6 Å². The summed E-state index contributed by atoms with van der Waals surface area (Å²) in [5, 5.41) is 4.27. The molecule has 0 heterocycles. The summed E-state index contributed by atoms with van der Waals surface area (Å²) in [6.07, 6.45) is 0. The van der Waals surface area contributed by atoms with Crippen LogP contribution in [-0.2, 0) is 6.54 Å². The van der Waals surface area contributed by atoms with Gasteiger partial charge >= 0.3 is 0 Å². The second kappa shape index (κ2) is 6.60. The second-order valence-electron chi connectivity index (χ2n) is 4.47. The number of halogens is 1. The van der Waals surface area contributed by atoms with E-state index in [0.29, 0.717) is 0 Å². The molecule has 0 amide bonds. The number of hydrogen-bond acceptors (Lipinski definition) is 2. The summed E-state index contributed by atoms with van der Waals surface area (Å²) in [5.41, 5.74) is 2.31. The van der Waals surface area contributed by atoms with Crippen molar-refractivity contribution in [1.29, 1.82) is 0 Å². The van der Waals surface area contributed by atoms with Crippen LogP contribution in [0.2, 0.25) is 5.02 Å². The summed E-state index contributed by atoms with van der Waals surface area (Å²) in [6.45, 7) is 2.88. The molecular formula is C16H18ClNO. The number of ether oxygens (including phenoxy) is 1. The summed E-state index contributed by atoms with van der Waals surface area (Å²) in [5.74, 6) is 0.879. The molecule has 2 nitrogen and oxygen atoms in total. The molecule has 0 saturated heterocycles. The Bertz CT molecular complexity index is 542. The highest BCUT2D eigenvalue weighted by atomic mass is 35.5. The fourth-order valence-electron chi connectivity index (χ4n) is 1.93. The van der Waals surface area contributed by atoms with E-state index >= 15 is 0 Å². The van der Waals surface area contributed by atoms with Crippen molar-refractivity contribution in [2.24, 2.45) is 0 Å². The molecule has 2 rings (SSSR count). The van der Waals surface area contributed by atoms with E-state index in [2.05, 4.69) is 18.3 Å². The highest BCUT2D eigenvalue weighted by Crippen LogP contribution is 2.20. The molecule has 0 aliphatic rings. The van der Waals surface area contributed by atoms with Gasteiger partial charge in [0, 0.05) is 17.6 Å². The third-order valence-electron chi connectivity index (χ3n) is 3.15. The Kier molecular flexibility index (Phi) is 4.83. The minimum atomic E-state index is 0.242. The predicted octanol–water partition coefficient (Wildman–Crippen LogP) is 4.20. The lowest BCUT2D eigenvalue weighted by atomic mass is 10.1. The van der Waals surface area contributed by atoms with Gasteiger partial charge in [-0.1, -0.05) is 41.9 Å². The van der Waals surface area contributed by atoms with Crippen LogP contribution in [0.4, 0.5) is 0 Å². The molecule has 0 aromatic heterocycles. The zero-order valence-electron chi connectivity index (χ0n) is 11.2. The summed E-state index contributed by atoms with van der Waals surface area (Å²) in [4.78, 5) is 0. The molecule has 0 spiro atoms. The van der Waals surface area contributed by atoms with Crippen LogP contribution in [0, 0.1) is 0 Å². The maximum atomic E-state index is 6.14. The Morgan fingerprint density at radius 2 is 1.95 bits per heavy atom. The number of benzene rings is 2. The van der Waals surface area contributed by atoms with Gasteiger partial charge in [0.15, 0.2) is 0 Å². The molecule has 19 heavy (non-hydrogen) atoms. The van der Waals surface area contributed by atoms with Gasteiger partial charge in [-0.05, 0) is 36.2 Å². The van der Waals surface area contributed by atoms with Crippen LogP contribution in [0.25, 0.3) is 0 Å². The van der Waals surface area contributed by atoms with Crippen LogP contribution >= 0.6 is 11.6 Å². The van der Waals surface area contributed by atoms with E-state index in [-0.39, 0.29) is 6.04 Å². The fourth-order valence-corrected chi connectivity index (χ4v) is 2.14. The van der Waals surface area contributed by atoms with E-state index in [1.807, 2.05) is 42.5 Å². The second-order valence-corrected chi connectivity index (χ2v) is 4.88. The minimum absolute atomic E-state index is 0.242. The first kappa shape index (κ1) is 13.9. The van der Waals surface area contributed by atoms with Crippen LogP contribution < -0.4 is 10.1 Å². The molecule has 1 atom stereocenters. The molecule has 0 fully saturated rings. The van der Waals surface area contributed by atoms with E-state index in [9.17, 15) is 0 Å². The zero-order chi connectivity index (χ0) is 13.7. The van der Waals surface area contributed by atoms with Crippen molar-refractivity contribution < 1.29 is 4.74 Å². The van der Waals surface area contributed by atoms with Crippen LogP contribution in [-0.4, -0.2) is 7.11 Å². The Morgan fingerprint density at radius 3 is 2.68 bits per heavy atom. The average molecular weight is 276 g/mol. The summed E-state index contributed by atoms with van der Waals surface area (Å²) >= 11 is 6.14. The number of nitrogens with one attached hydrogen (secondary N) is 1.